The van der Waals surface area contributed by atoms with Gasteiger partial charge in [-0.25, -0.2) is 14.6 Å². The molecule has 0 saturated heterocycles. The number of nitrogens with zero attached hydrogens (tertiary/aromatic N) is 2. The van der Waals surface area contributed by atoms with Gasteiger partial charge in [-0.3, -0.25) is 10.1 Å². The average Bonchev–Trinajstić information content (AvgIpc) is 3.45. The Morgan fingerprint density at radius 1 is 1.13 bits per heavy atom. The lowest BCUT2D eigenvalue weighted by molar-refractivity contribution is -0.384. The molecule has 0 N–H and O–H groups in total. The van der Waals surface area contributed by atoms with Crippen molar-refractivity contribution in [3.8, 4) is 11.5 Å². The molecule has 9 nitrogen and oxygen atoms in total. The van der Waals surface area contributed by atoms with Gasteiger partial charge < -0.3 is 14.2 Å². The summed E-state index contributed by atoms with van der Waals surface area (Å²) in [5.74, 6) is -0.770. The van der Waals surface area contributed by atoms with Crippen molar-refractivity contribution < 1.29 is 28.7 Å². The van der Waals surface area contributed by atoms with E-state index in [1.807, 2.05) is 24.3 Å². The Balaban J connectivity index is 1.40. The lowest BCUT2D eigenvalue weighted by atomic mass is 10.1. The number of hydrogen-bond donors (Lipinski definition) is 0. The van der Waals surface area contributed by atoms with Crippen LogP contribution in [0.25, 0.3) is 16.2 Å². The zero-order valence-corrected chi connectivity index (χ0v) is 21.2. The maximum atomic E-state index is 12.9. The number of benzene rings is 3. The first-order valence-corrected chi connectivity index (χ1v) is 12.5. The van der Waals surface area contributed by atoms with Crippen LogP contribution in [-0.4, -0.2) is 29.4 Å². The van der Waals surface area contributed by atoms with Gasteiger partial charge in [0.2, 0.25) is 5.90 Å². The molecule has 0 unspecified atom stereocenters. The average molecular weight is 549 g/mol. The van der Waals surface area contributed by atoms with Crippen LogP contribution in [0.4, 0.5) is 5.69 Å². The number of carbonyl (C=O) groups excluding carboxylic acids is 2. The minimum absolute atomic E-state index is 0.0302. The number of rotatable bonds is 7. The molecule has 0 bridgehead atoms. The number of nitro benzene ring substituents is 1. The summed E-state index contributed by atoms with van der Waals surface area (Å²) in [6.45, 7) is 2.09. The van der Waals surface area contributed by atoms with E-state index in [9.17, 15) is 19.7 Å². The Morgan fingerprint density at radius 2 is 1.89 bits per heavy atom. The number of halogens is 1. The van der Waals surface area contributed by atoms with Gasteiger partial charge in [-0.1, -0.05) is 35.9 Å². The third-order valence-electron chi connectivity index (χ3n) is 5.44. The second kappa shape index (κ2) is 10.4. The molecule has 0 fully saturated rings. The molecule has 190 valence electrons. The summed E-state index contributed by atoms with van der Waals surface area (Å²) in [5, 5.41) is 12.0. The number of ether oxygens (including phenoxy) is 3. The van der Waals surface area contributed by atoms with E-state index in [4.69, 9.17) is 25.8 Å². The van der Waals surface area contributed by atoms with Gasteiger partial charge in [0.05, 0.1) is 16.6 Å². The van der Waals surface area contributed by atoms with Crippen LogP contribution in [0, 0.1) is 10.1 Å². The van der Waals surface area contributed by atoms with E-state index in [-0.39, 0.29) is 27.9 Å². The monoisotopic (exact) mass is 548 g/mol. The third-order valence-corrected chi connectivity index (χ3v) is 7.09. The molecule has 11 heteroatoms. The fraction of sp³-hybridized carbons (Fsp3) is 0.0741. The molecule has 0 atom stereocenters. The predicted octanol–water partition coefficient (Wildman–Crippen LogP) is 6.43. The number of non-ortho nitro benzene ring substituents is 1. The standard InChI is InChI=1S/C27H17ClN2O7S/c1-2-35-21-14-15(13-19-26(31)37-25(29-19)16-8-10-17(11-9-16)30(33)34)7-12-20(21)36-27(32)24-23(28)18-5-3-4-6-22(18)38-24/h3-14H,2H2,1H3/b19-13+. The Labute approximate surface area is 224 Å². The highest BCUT2D eigenvalue weighted by molar-refractivity contribution is 7.21. The van der Waals surface area contributed by atoms with Crippen molar-refractivity contribution in [1.82, 2.24) is 0 Å². The maximum absolute atomic E-state index is 12.9. The van der Waals surface area contributed by atoms with Crippen molar-refractivity contribution in [2.75, 3.05) is 6.61 Å². The predicted molar refractivity (Wildman–Crippen MR) is 143 cm³/mol. The summed E-state index contributed by atoms with van der Waals surface area (Å²) < 4.78 is 17.4. The number of cyclic esters (lactones) is 1. The maximum Gasteiger partial charge on any atom is 0.363 e. The quantitative estimate of drug-likeness (QED) is 0.0858. The van der Waals surface area contributed by atoms with E-state index in [0.717, 1.165) is 10.1 Å². The molecule has 0 radical (unpaired) electrons. The van der Waals surface area contributed by atoms with E-state index < -0.39 is 16.9 Å². The van der Waals surface area contributed by atoms with Crippen molar-refractivity contribution in [1.29, 1.82) is 0 Å². The molecule has 0 aliphatic carbocycles. The highest BCUT2D eigenvalue weighted by Crippen LogP contribution is 2.37. The highest BCUT2D eigenvalue weighted by Gasteiger charge is 2.25. The Morgan fingerprint density at radius 3 is 2.61 bits per heavy atom. The van der Waals surface area contributed by atoms with Crippen molar-refractivity contribution in [2.45, 2.75) is 6.92 Å². The first-order chi connectivity index (χ1) is 18.3. The normalized spacial score (nSPS) is 13.9. The second-order valence-corrected chi connectivity index (χ2v) is 9.34. The summed E-state index contributed by atoms with van der Waals surface area (Å²) in [6, 6.07) is 17.7. The van der Waals surface area contributed by atoms with Crippen molar-refractivity contribution in [3.63, 3.8) is 0 Å². The number of hydrogen-bond acceptors (Lipinski definition) is 9. The van der Waals surface area contributed by atoms with E-state index >= 15 is 0 Å². The van der Waals surface area contributed by atoms with Gasteiger partial charge in [-0.2, -0.15) is 0 Å². The zero-order valence-electron chi connectivity index (χ0n) is 19.7. The molecule has 0 saturated carbocycles. The summed E-state index contributed by atoms with van der Waals surface area (Å²) in [4.78, 5) is 40.2. The van der Waals surface area contributed by atoms with Crippen LogP contribution in [0.15, 0.2) is 77.4 Å². The van der Waals surface area contributed by atoms with E-state index in [2.05, 4.69) is 4.99 Å². The van der Waals surface area contributed by atoms with Crippen LogP contribution in [0.2, 0.25) is 5.02 Å². The smallest absolute Gasteiger partial charge is 0.363 e. The molecule has 2 heterocycles. The fourth-order valence-corrected chi connectivity index (χ4v) is 5.06. The van der Waals surface area contributed by atoms with Crippen molar-refractivity contribution in [2.24, 2.45) is 4.99 Å². The van der Waals surface area contributed by atoms with Gasteiger partial charge in [0.15, 0.2) is 17.2 Å². The number of fused-ring (bicyclic) bond motifs is 1. The first kappa shape index (κ1) is 25.1. The molecule has 4 aromatic rings. The SMILES string of the molecule is CCOc1cc(/C=C2/N=C(c3ccc([N+](=O)[O-])cc3)OC2=O)ccc1OC(=O)c1sc2ccccc2c1Cl. The molecule has 1 aliphatic heterocycles. The summed E-state index contributed by atoms with van der Waals surface area (Å²) >= 11 is 7.65. The summed E-state index contributed by atoms with van der Waals surface area (Å²) in [5.41, 5.74) is 0.911. The van der Waals surface area contributed by atoms with Crippen LogP contribution in [0.5, 0.6) is 11.5 Å². The van der Waals surface area contributed by atoms with Crippen LogP contribution in [0.1, 0.15) is 27.7 Å². The molecule has 3 aromatic carbocycles. The second-order valence-electron chi connectivity index (χ2n) is 7.91. The van der Waals surface area contributed by atoms with Crippen LogP contribution >= 0.6 is 22.9 Å². The van der Waals surface area contributed by atoms with Gasteiger partial charge in [0.1, 0.15) is 4.88 Å². The molecule has 38 heavy (non-hydrogen) atoms. The molecule has 1 aliphatic rings. The van der Waals surface area contributed by atoms with E-state index in [1.54, 1.807) is 25.1 Å². The molecule has 1 aromatic heterocycles. The highest BCUT2D eigenvalue weighted by atomic mass is 35.5. The largest absolute Gasteiger partial charge is 0.490 e. The topological polar surface area (TPSA) is 117 Å². The molecule has 5 rings (SSSR count). The van der Waals surface area contributed by atoms with Gasteiger partial charge in [0, 0.05) is 27.8 Å². The van der Waals surface area contributed by atoms with Gasteiger partial charge in [0.25, 0.3) is 5.69 Å². The lowest BCUT2D eigenvalue weighted by Crippen LogP contribution is -2.08. The number of thiophene rings is 1. The number of esters is 2. The van der Waals surface area contributed by atoms with Crippen molar-refractivity contribution in [3.05, 3.63) is 104 Å². The Hall–Kier alpha value is -4.54. The number of carbonyl (C=O) groups is 2. The van der Waals surface area contributed by atoms with Gasteiger partial charge in [-0.15, -0.1) is 11.3 Å². The molecular weight excluding hydrogens is 532 g/mol. The summed E-state index contributed by atoms with van der Waals surface area (Å²) in [6.07, 6.45) is 1.50. The zero-order chi connectivity index (χ0) is 26.8. The van der Waals surface area contributed by atoms with Crippen LogP contribution < -0.4 is 9.47 Å². The molecular formula is C27H17ClN2O7S. The first-order valence-electron chi connectivity index (χ1n) is 11.3. The van der Waals surface area contributed by atoms with E-state index in [1.165, 1.54) is 41.7 Å². The molecule has 0 amide bonds. The van der Waals surface area contributed by atoms with Gasteiger partial charge in [-0.05, 0) is 48.9 Å². The molecule has 0 spiro atoms. The van der Waals surface area contributed by atoms with E-state index in [0.29, 0.717) is 28.5 Å². The fourth-order valence-electron chi connectivity index (χ4n) is 3.67. The van der Waals surface area contributed by atoms with Crippen molar-refractivity contribution >= 4 is 62.6 Å². The lowest BCUT2D eigenvalue weighted by Gasteiger charge is -2.11. The summed E-state index contributed by atoms with van der Waals surface area (Å²) in [7, 11) is 0. The number of aliphatic imine (C=N–C) groups is 1. The van der Waals surface area contributed by atoms with Crippen LogP contribution in [0.3, 0.4) is 0 Å². The minimum Gasteiger partial charge on any atom is -0.490 e. The Kier molecular flexibility index (Phi) is 6.91. The van der Waals surface area contributed by atoms with Crippen LogP contribution in [-0.2, 0) is 9.53 Å². The van der Waals surface area contributed by atoms with Gasteiger partial charge >= 0.3 is 11.9 Å². The third kappa shape index (κ3) is 4.99. The minimum atomic E-state index is -0.675. The number of nitro groups is 1. The Bertz CT molecular complexity index is 1660.